The van der Waals surface area contributed by atoms with E-state index in [1.54, 1.807) is 24.3 Å². The van der Waals surface area contributed by atoms with E-state index < -0.39 is 10.0 Å². The SMILES string of the molecule is Cc1ccc(CC(=O)Nc2cccc(N(C)S(C)(=O)=O)c2)cc1. The molecule has 0 heterocycles. The number of rotatable bonds is 5. The molecule has 0 unspecified atom stereocenters. The lowest BCUT2D eigenvalue weighted by atomic mass is 10.1. The van der Waals surface area contributed by atoms with Crippen LogP contribution in [0.15, 0.2) is 48.5 Å². The van der Waals surface area contributed by atoms with Crippen LogP contribution in [-0.2, 0) is 21.2 Å². The van der Waals surface area contributed by atoms with Gasteiger partial charge < -0.3 is 5.32 Å². The average molecular weight is 332 g/mol. The van der Waals surface area contributed by atoms with Gasteiger partial charge in [-0.05, 0) is 30.7 Å². The van der Waals surface area contributed by atoms with Crippen LogP contribution in [0.2, 0.25) is 0 Å². The van der Waals surface area contributed by atoms with Crippen molar-refractivity contribution in [2.45, 2.75) is 13.3 Å². The normalized spacial score (nSPS) is 11.1. The van der Waals surface area contributed by atoms with Crippen LogP contribution in [0.1, 0.15) is 11.1 Å². The number of amides is 1. The topological polar surface area (TPSA) is 66.5 Å². The van der Waals surface area contributed by atoms with E-state index in [1.807, 2.05) is 31.2 Å². The number of anilines is 2. The van der Waals surface area contributed by atoms with Crippen molar-refractivity contribution in [1.29, 1.82) is 0 Å². The van der Waals surface area contributed by atoms with E-state index in [1.165, 1.54) is 11.4 Å². The van der Waals surface area contributed by atoms with Gasteiger partial charge in [-0.25, -0.2) is 8.42 Å². The molecule has 0 aliphatic rings. The monoisotopic (exact) mass is 332 g/mol. The Morgan fingerprint density at radius 2 is 1.78 bits per heavy atom. The Kier molecular flexibility index (Phi) is 5.05. The zero-order chi connectivity index (χ0) is 17.0. The number of nitrogens with zero attached hydrogens (tertiary/aromatic N) is 1. The van der Waals surface area contributed by atoms with Gasteiger partial charge in [0, 0.05) is 12.7 Å². The molecular weight excluding hydrogens is 312 g/mol. The number of carbonyl (C=O) groups is 1. The lowest BCUT2D eigenvalue weighted by Gasteiger charge is -2.17. The van der Waals surface area contributed by atoms with Gasteiger partial charge in [0.25, 0.3) is 0 Å². The molecule has 0 atom stereocenters. The number of aryl methyl sites for hydroxylation is 1. The highest BCUT2D eigenvalue weighted by atomic mass is 32.2. The largest absolute Gasteiger partial charge is 0.326 e. The molecule has 0 bridgehead atoms. The molecule has 2 rings (SSSR count). The summed E-state index contributed by atoms with van der Waals surface area (Å²) >= 11 is 0. The summed E-state index contributed by atoms with van der Waals surface area (Å²) in [5, 5.41) is 2.79. The van der Waals surface area contributed by atoms with Gasteiger partial charge in [0.15, 0.2) is 0 Å². The molecule has 1 N–H and O–H groups in total. The summed E-state index contributed by atoms with van der Waals surface area (Å²) < 4.78 is 24.3. The minimum atomic E-state index is -3.33. The summed E-state index contributed by atoms with van der Waals surface area (Å²) in [5.74, 6) is -0.145. The standard InChI is InChI=1S/C17H20N2O3S/c1-13-7-9-14(10-8-13)11-17(20)18-15-5-4-6-16(12-15)19(2)23(3,21)22/h4-10,12H,11H2,1-3H3,(H,18,20). The molecule has 0 fully saturated rings. The average Bonchev–Trinajstić information content (AvgIpc) is 2.48. The van der Waals surface area contributed by atoms with E-state index >= 15 is 0 Å². The minimum Gasteiger partial charge on any atom is -0.326 e. The van der Waals surface area contributed by atoms with Crippen molar-refractivity contribution >= 4 is 27.3 Å². The zero-order valence-electron chi connectivity index (χ0n) is 13.4. The summed E-state index contributed by atoms with van der Waals surface area (Å²) in [4.78, 5) is 12.1. The number of carbonyl (C=O) groups excluding carboxylic acids is 1. The molecule has 0 saturated heterocycles. The molecule has 0 spiro atoms. The second kappa shape index (κ2) is 6.83. The zero-order valence-corrected chi connectivity index (χ0v) is 14.2. The van der Waals surface area contributed by atoms with E-state index in [-0.39, 0.29) is 12.3 Å². The molecule has 0 aliphatic heterocycles. The van der Waals surface area contributed by atoms with Crippen LogP contribution in [0.25, 0.3) is 0 Å². The molecule has 0 radical (unpaired) electrons. The number of sulfonamides is 1. The summed E-state index contributed by atoms with van der Waals surface area (Å²) in [5.41, 5.74) is 3.14. The van der Waals surface area contributed by atoms with Crippen LogP contribution in [0.5, 0.6) is 0 Å². The lowest BCUT2D eigenvalue weighted by Crippen LogP contribution is -2.25. The highest BCUT2D eigenvalue weighted by molar-refractivity contribution is 7.92. The third-order valence-corrected chi connectivity index (χ3v) is 4.68. The van der Waals surface area contributed by atoms with Crippen molar-refractivity contribution in [3.63, 3.8) is 0 Å². The van der Waals surface area contributed by atoms with Gasteiger partial charge in [-0.2, -0.15) is 0 Å². The third-order valence-electron chi connectivity index (χ3n) is 3.48. The second-order valence-corrected chi connectivity index (χ2v) is 7.51. The molecule has 2 aromatic carbocycles. The molecule has 1 amide bonds. The minimum absolute atomic E-state index is 0.145. The predicted molar refractivity (Wildman–Crippen MR) is 93.2 cm³/mol. The highest BCUT2D eigenvalue weighted by Crippen LogP contribution is 2.20. The van der Waals surface area contributed by atoms with Gasteiger partial charge in [0.2, 0.25) is 15.9 Å². The Morgan fingerprint density at radius 3 is 2.39 bits per heavy atom. The summed E-state index contributed by atoms with van der Waals surface area (Å²) in [6.07, 6.45) is 1.40. The fourth-order valence-corrected chi connectivity index (χ4v) is 2.56. The van der Waals surface area contributed by atoms with Crippen molar-refractivity contribution in [3.05, 3.63) is 59.7 Å². The maximum Gasteiger partial charge on any atom is 0.231 e. The Balaban J connectivity index is 2.08. The maximum absolute atomic E-state index is 12.1. The Bertz CT molecular complexity index is 799. The van der Waals surface area contributed by atoms with Crippen LogP contribution >= 0.6 is 0 Å². The Labute approximate surface area is 137 Å². The molecule has 5 nitrogen and oxygen atoms in total. The number of nitrogens with one attached hydrogen (secondary N) is 1. The molecule has 0 aliphatic carbocycles. The van der Waals surface area contributed by atoms with Gasteiger partial charge in [-0.15, -0.1) is 0 Å². The van der Waals surface area contributed by atoms with Crippen LogP contribution < -0.4 is 9.62 Å². The van der Waals surface area contributed by atoms with Gasteiger partial charge in [-0.1, -0.05) is 35.9 Å². The fourth-order valence-electron chi connectivity index (χ4n) is 2.07. The first kappa shape index (κ1) is 17.0. The lowest BCUT2D eigenvalue weighted by molar-refractivity contribution is -0.115. The van der Waals surface area contributed by atoms with Crippen LogP contribution in [0, 0.1) is 6.92 Å². The van der Waals surface area contributed by atoms with Gasteiger partial charge in [0.05, 0.1) is 18.4 Å². The van der Waals surface area contributed by atoms with Crippen molar-refractivity contribution in [2.24, 2.45) is 0 Å². The molecule has 2 aromatic rings. The smallest absolute Gasteiger partial charge is 0.231 e. The number of benzene rings is 2. The highest BCUT2D eigenvalue weighted by Gasteiger charge is 2.12. The number of hydrogen-bond acceptors (Lipinski definition) is 3. The molecule has 122 valence electrons. The second-order valence-electron chi connectivity index (χ2n) is 5.49. The predicted octanol–water partition coefficient (Wildman–Crippen LogP) is 2.57. The first-order valence-electron chi connectivity index (χ1n) is 7.15. The van der Waals surface area contributed by atoms with E-state index in [0.29, 0.717) is 11.4 Å². The summed E-state index contributed by atoms with van der Waals surface area (Å²) in [7, 11) is -1.86. The van der Waals surface area contributed by atoms with Crippen molar-refractivity contribution in [1.82, 2.24) is 0 Å². The van der Waals surface area contributed by atoms with E-state index in [9.17, 15) is 13.2 Å². The van der Waals surface area contributed by atoms with Gasteiger partial charge >= 0.3 is 0 Å². The van der Waals surface area contributed by atoms with Crippen LogP contribution in [-0.4, -0.2) is 27.6 Å². The molecule has 6 heteroatoms. The maximum atomic E-state index is 12.1. The third kappa shape index (κ3) is 4.82. The fraction of sp³-hybridized carbons (Fsp3) is 0.235. The number of hydrogen-bond donors (Lipinski definition) is 1. The molecule has 23 heavy (non-hydrogen) atoms. The Morgan fingerprint density at radius 1 is 1.13 bits per heavy atom. The van der Waals surface area contributed by atoms with Gasteiger partial charge in [0.1, 0.15) is 0 Å². The molecular formula is C17H20N2O3S. The van der Waals surface area contributed by atoms with Crippen molar-refractivity contribution < 1.29 is 13.2 Å². The summed E-state index contributed by atoms with van der Waals surface area (Å²) in [6.45, 7) is 1.99. The molecule has 0 aromatic heterocycles. The van der Waals surface area contributed by atoms with Crippen molar-refractivity contribution in [3.8, 4) is 0 Å². The first-order chi connectivity index (χ1) is 10.8. The quantitative estimate of drug-likeness (QED) is 0.915. The Hall–Kier alpha value is -2.34. The van der Waals surface area contributed by atoms with E-state index in [0.717, 1.165) is 17.4 Å². The summed E-state index contributed by atoms with van der Waals surface area (Å²) in [6, 6.07) is 14.5. The van der Waals surface area contributed by atoms with Crippen LogP contribution in [0.3, 0.4) is 0 Å². The van der Waals surface area contributed by atoms with E-state index in [4.69, 9.17) is 0 Å². The van der Waals surface area contributed by atoms with Crippen molar-refractivity contribution in [2.75, 3.05) is 22.9 Å². The van der Waals surface area contributed by atoms with Crippen LogP contribution in [0.4, 0.5) is 11.4 Å². The first-order valence-corrected chi connectivity index (χ1v) is 9.00. The van der Waals surface area contributed by atoms with E-state index in [2.05, 4.69) is 5.32 Å². The van der Waals surface area contributed by atoms with Gasteiger partial charge in [-0.3, -0.25) is 9.10 Å². The molecule has 0 saturated carbocycles.